The molecular weight excluding hydrogens is 382 g/mol. The SMILES string of the molecule is CC(=O)C1CC[C@H]2[C@@H]3CCC4=CC(=O)CC[C@@H]4[C@H]3[C@H](OC(=O)CCC(N)=O)C[C@]12C. The van der Waals surface area contributed by atoms with Crippen molar-refractivity contribution >= 4 is 23.4 Å². The number of carbonyl (C=O) groups excluding carboxylic acids is 4. The van der Waals surface area contributed by atoms with E-state index in [0.717, 1.165) is 32.1 Å². The number of ether oxygens (including phenoxy) is 1. The Hall–Kier alpha value is -1.98. The molecule has 0 bridgehead atoms. The standard InChI is InChI=1S/C24H33NO5/c1-13(26)18-7-8-19-17-5-3-14-11-15(27)4-6-16(14)23(17)20(12-24(18,19)2)30-22(29)10-9-21(25)28/h11,16-20,23H,3-10,12H2,1-2H3,(H2,25,28)/t16-,17-,18?,19-,20+,23+,24+/m0/s1. The summed E-state index contributed by atoms with van der Waals surface area (Å²) in [5.74, 6) is 0.871. The van der Waals surface area contributed by atoms with Crippen molar-refractivity contribution in [2.45, 2.75) is 77.7 Å². The maximum Gasteiger partial charge on any atom is 0.306 e. The number of primary amides is 1. The molecule has 1 amide bonds. The summed E-state index contributed by atoms with van der Waals surface area (Å²) in [6.45, 7) is 3.90. The molecule has 4 aliphatic rings. The number of fused-ring (bicyclic) bond motifs is 5. The van der Waals surface area contributed by atoms with E-state index in [1.54, 1.807) is 6.92 Å². The molecule has 3 saturated carbocycles. The lowest BCUT2D eigenvalue weighted by molar-refractivity contribution is -0.171. The van der Waals surface area contributed by atoms with E-state index in [-0.39, 0.29) is 59.7 Å². The minimum Gasteiger partial charge on any atom is -0.462 e. The van der Waals surface area contributed by atoms with Crippen LogP contribution in [0.4, 0.5) is 0 Å². The third kappa shape index (κ3) is 3.63. The van der Waals surface area contributed by atoms with Gasteiger partial charge in [-0.15, -0.1) is 0 Å². The zero-order chi connectivity index (χ0) is 21.6. The molecule has 0 heterocycles. The Morgan fingerprint density at radius 3 is 2.60 bits per heavy atom. The van der Waals surface area contributed by atoms with Crippen LogP contribution < -0.4 is 5.73 Å². The Balaban J connectivity index is 1.65. The van der Waals surface area contributed by atoms with Crippen LogP contribution in [-0.2, 0) is 23.9 Å². The summed E-state index contributed by atoms with van der Waals surface area (Å²) in [6.07, 6.45) is 7.46. The first-order valence-corrected chi connectivity index (χ1v) is 11.4. The minimum atomic E-state index is -0.512. The normalized spacial score (nSPS) is 39.9. The fourth-order valence-corrected chi connectivity index (χ4v) is 7.47. The summed E-state index contributed by atoms with van der Waals surface area (Å²) in [6, 6.07) is 0. The molecule has 3 fully saturated rings. The number of carbonyl (C=O) groups is 4. The van der Waals surface area contributed by atoms with Crippen molar-refractivity contribution in [3.8, 4) is 0 Å². The number of Topliss-reactive ketones (excluding diaryl/α,β-unsaturated/α-hetero) is 1. The van der Waals surface area contributed by atoms with Crippen LogP contribution in [0.15, 0.2) is 11.6 Å². The molecule has 4 rings (SSSR count). The molecule has 6 heteroatoms. The number of allylic oxidation sites excluding steroid dienone is 1. The average molecular weight is 416 g/mol. The summed E-state index contributed by atoms with van der Waals surface area (Å²) < 4.78 is 6.02. The molecule has 4 aliphatic carbocycles. The van der Waals surface area contributed by atoms with Crippen molar-refractivity contribution in [1.29, 1.82) is 0 Å². The summed E-state index contributed by atoms with van der Waals surface area (Å²) >= 11 is 0. The van der Waals surface area contributed by atoms with E-state index in [9.17, 15) is 19.2 Å². The van der Waals surface area contributed by atoms with Gasteiger partial charge in [0, 0.05) is 24.7 Å². The maximum absolute atomic E-state index is 12.5. The lowest BCUT2D eigenvalue weighted by atomic mass is 9.50. The highest BCUT2D eigenvalue weighted by atomic mass is 16.5. The number of esters is 1. The number of hydrogen-bond acceptors (Lipinski definition) is 5. The fraction of sp³-hybridized carbons (Fsp3) is 0.750. The number of hydrogen-bond donors (Lipinski definition) is 1. The summed E-state index contributed by atoms with van der Waals surface area (Å²) in [5.41, 5.74) is 6.26. The zero-order valence-electron chi connectivity index (χ0n) is 18.0. The molecule has 1 unspecified atom stereocenters. The third-order valence-corrected chi connectivity index (χ3v) is 8.60. The average Bonchev–Trinajstić information content (AvgIpc) is 3.02. The van der Waals surface area contributed by atoms with Gasteiger partial charge in [0.15, 0.2) is 5.78 Å². The van der Waals surface area contributed by atoms with Crippen LogP contribution in [0.25, 0.3) is 0 Å². The second-order valence-electron chi connectivity index (χ2n) is 10.2. The van der Waals surface area contributed by atoms with Crippen LogP contribution in [0.3, 0.4) is 0 Å². The lowest BCUT2D eigenvalue weighted by Crippen LogP contribution is -2.54. The van der Waals surface area contributed by atoms with Gasteiger partial charge in [-0.1, -0.05) is 12.5 Å². The molecule has 30 heavy (non-hydrogen) atoms. The van der Waals surface area contributed by atoms with E-state index < -0.39 is 5.91 Å². The summed E-state index contributed by atoms with van der Waals surface area (Å²) in [4.78, 5) is 48.1. The van der Waals surface area contributed by atoms with E-state index in [4.69, 9.17) is 10.5 Å². The van der Waals surface area contributed by atoms with Gasteiger partial charge >= 0.3 is 5.97 Å². The minimum absolute atomic E-state index is 0.00858. The van der Waals surface area contributed by atoms with Gasteiger partial charge in [-0.05, 0) is 74.7 Å². The molecule has 6 nitrogen and oxygen atoms in total. The monoisotopic (exact) mass is 415 g/mol. The van der Waals surface area contributed by atoms with Crippen LogP contribution >= 0.6 is 0 Å². The highest BCUT2D eigenvalue weighted by molar-refractivity contribution is 5.91. The molecule has 0 spiro atoms. The molecule has 0 aliphatic heterocycles. The first-order valence-electron chi connectivity index (χ1n) is 11.4. The molecule has 0 saturated heterocycles. The molecule has 2 N–H and O–H groups in total. The van der Waals surface area contributed by atoms with Gasteiger partial charge in [0.1, 0.15) is 11.9 Å². The summed E-state index contributed by atoms with van der Waals surface area (Å²) in [5, 5.41) is 0. The van der Waals surface area contributed by atoms with Crippen molar-refractivity contribution in [2.24, 2.45) is 40.7 Å². The first-order chi connectivity index (χ1) is 14.2. The van der Waals surface area contributed by atoms with Crippen LogP contribution in [0.2, 0.25) is 0 Å². The Labute approximate surface area is 178 Å². The quantitative estimate of drug-likeness (QED) is 0.695. The highest BCUT2D eigenvalue weighted by Crippen LogP contribution is 2.64. The predicted octanol–water partition coefficient (Wildman–Crippen LogP) is 3.12. The van der Waals surface area contributed by atoms with E-state index >= 15 is 0 Å². The second-order valence-corrected chi connectivity index (χ2v) is 10.2. The summed E-state index contributed by atoms with van der Waals surface area (Å²) in [7, 11) is 0. The lowest BCUT2D eigenvalue weighted by Gasteiger charge is -2.56. The Morgan fingerprint density at radius 1 is 1.13 bits per heavy atom. The van der Waals surface area contributed by atoms with Crippen molar-refractivity contribution in [2.75, 3.05) is 0 Å². The van der Waals surface area contributed by atoms with Crippen LogP contribution in [0, 0.1) is 35.0 Å². The van der Waals surface area contributed by atoms with Crippen LogP contribution in [0.5, 0.6) is 0 Å². The molecular formula is C24H33NO5. The van der Waals surface area contributed by atoms with E-state index in [2.05, 4.69) is 6.92 Å². The molecule has 0 aromatic heterocycles. The zero-order valence-corrected chi connectivity index (χ0v) is 18.0. The molecule has 7 atom stereocenters. The third-order valence-electron chi connectivity index (χ3n) is 8.60. The van der Waals surface area contributed by atoms with Gasteiger partial charge in [0.2, 0.25) is 5.91 Å². The number of ketones is 2. The number of nitrogens with two attached hydrogens (primary N) is 1. The van der Waals surface area contributed by atoms with Crippen molar-refractivity contribution in [3.05, 3.63) is 11.6 Å². The molecule has 0 aromatic rings. The van der Waals surface area contributed by atoms with E-state index in [1.807, 2.05) is 6.08 Å². The largest absolute Gasteiger partial charge is 0.462 e. The van der Waals surface area contributed by atoms with Gasteiger partial charge in [0.05, 0.1) is 6.42 Å². The van der Waals surface area contributed by atoms with Gasteiger partial charge < -0.3 is 10.5 Å². The van der Waals surface area contributed by atoms with Gasteiger partial charge in [0.25, 0.3) is 0 Å². The molecule has 164 valence electrons. The number of amides is 1. The topological polar surface area (TPSA) is 104 Å². The van der Waals surface area contributed by atoms with Crippen molar-refractivity contribution in [3.63, 3.8) is 0 Å². The van der Waals surface area contributed by atoms with Gasteiger partial charge in [-0.25, -0.2) is 0 Å². The number of rotatable bonds is 5. The Bertz CT molecular complexity index is 801. The Morgan fingerprint density at radius 2 is 1.90 bits per heavy atom. The van der Waals surface area contributed by atoms with Crippen molar-refractivity contribution in [1.82, 2.24) is 0 Å². The molecule has 0 aromatic carbocycles. The Kier molecular flexibility index (Phi) is 5.62. The van der Waals surface area contributed by atoms with E-state index in [1.165, 1.54) is 5.57 Å². The molecule has 0 radical (unpaired) electrons. The van der Waals surface area contributed by atoms with Gasteiger partial charge in [-0.2, -0.15) is 0 Å². The predicted molar refractivity (Wildman–Crippen MR) is 110 cm³/mol. The smallest absolute Gasteiger partial charge is 0.306 e. The first kappa shape index (κ1) is 21.3. The highest BCUT2D eigenvalue weighted by Gasteiger charge is 2.61. The van der Waals surface area contributed by atoms with Crippen LogP contribution in [-0.4, -0.2) is 29.5 Å². The van der Waals surface area contributed by atoms with Crippen molar-refractivity contribution < 1.29 is 23.9 Å². The maximum atomic E-state index is 12.5. The van der Waals surface area contributed by atoms with Gasteiger partial charge in [-0.3, -0.25) is 19.2 Å². The fourth-order valence-electron chi connectivity index (χ4n) is 7.47. The van der Waals surface area contributed by atoms with E-state index in [0.29, 0.717) is 24.7 Å². The van der Waals surface area contributed by atoms with Crippen LogP contribution in [0.1, 0.15) is 71.6 Å². The second kappa shape index (κ2) is 7.93.